The average Bonchev–Trinajstić information content (AvgIpc) is 2.97. The molecule has 11 heteroatoms. The quantitative estimate of drug-likeness (QED) is 0.552. The van der Waals surface area contributed by atoms with Crippen molar-refractivity contribution in [2.75, 3.05) is 11.1 Å². The van der Waals surface area contributed by atoms with Crippen LogP contribution in [-0.4, -0.2) is 44.7 Å². The van der Waals surface area contributed by atoms with Gasteiger partial charge in [0.15, 0.2) is 17.5 Å². The molecule has 8 nitrogen and oxygen atoms in total. The Labute approximate surface area is 160 Å². The van der Waals surface area contributed by atoms with E-state index < -0.39 is 39.0 Å². The Kier molecular flexibility index (Phi) is 5.06. The highest BCUT2D eigenvalue weighted by molar-refractivity contribution is 7.85. The predicted octanol–water partition coefficient (Wildman–Crippen LogP) is 3.01. The minimum atomic E-state index is -4.31. The average molecular weight is 411 g/mol. The first-order valence-corrected chi connectivity index (χ1v) is 9.92. The Bertz CT molecular complexity index is 1130. The first kappa shape index (κ1) is 20.1. The number of rotatable bonds is 5. The molecule has 0 unspecified atom stereocenters. The van der Waals surface area contributed by atoms with Crippen molar-refractivity contribution >= 4 is 27.0 Å². The molecule has 0 spiro atoms. The van der Waals surface area contributed by atoms with Crippen LogP contribution < -0.4 is 5.32 Å². The van der Waals surface area contributed by atoms with Gasteiger partial charge in [-0.2, -0.15) is 8.42 Å². The lowest BCUT2D eigenvalue weighted by atomic mass is 9.88. The van der Waals surface area contributed by atoms with E-state index in [1.54, 1.807) is 20.8 Å². The normalized spacial score (nSPS) is 13.6. The largest absolute Gasteiger partial charge is 0.363 e. The number of nitrogens with zero attached hydrogens (tertiary/aromatic N) is 3. The molecule has 150 valence electrons. The lowest BCUT2D eigenvalue weighted by Gasteiger charge is -2.31. The van der Waals surface area contributed by atoms with Crippen LogP contribution in [0.15, 0.2) is 24.7 Å². The molecule has 0 fully saturated rings. The maximum atomic E-state index is 14.3. The van der Waals surface area contributed by atoms with Crippen LogP contribution in [-0.2, 0) is 10.1 Å². The Hall–Kier alpha value is -2.66. The molecule has 0 aromatic carbocycles. The molecular formula is C17H19F2N5O3S. The summed E-state index contributed by atoms with van der Waals surface area (Å²) in [5.41, 5.74) is 0.186. The minimum Gasteiger partial charge on any atom is -0.363 e. The van der Waals surface area contributed by atoms with E-state index in [-0.39, 0.29) is 11.6 Å². The van der Waals surface area contributed by atoms with Crippen molar-refractivity contribution in [3.05, 3.63) is 36.3 Å². The van der Waals surface area contributed by atoms with Gasteiger partial charge in [0, 0.05) is 23.2 Å². The van der Waals surface area contributed by atoms with Gasteiger partial charge in [0.05, 0.1) is 18.1 Å². The number of hydrogen-bond acceptors (Lipinski definition) is 6. The number of fused-ring (bicyclic) bond motifs is 1. The Balaban J connectivity index is 2.02. The number of H-pyrrole nitrogens is 1. The molecule has 0 aliphatic heterocycles. The Morgan fingerprint density at radius 2 is 1.96 bits per heavy atom. The summed E-state index contributed by atoms with van der Waals surface area (Å²) in [6.07, 6.45) is 3.52. The molecule has 3 heterocycles. The van der Waals surface area contributed by atoms with Gasteiger partial charge in [0.1, 0.15) is 11.5 Å². The molecule has 0 saturated carbocycles. The fourth-order valence-corrected chi connectivity index (χ4v) is 3.65. The van der Waals surface area contributed by atoms with Gasteiger partial charge in [0.2, 0.25) is 0 Å². The van der Waals surface area contributed by atoms with E-state index in [9.17, 15) is 21.8 Å². The van der Waals surface area contributed by atoms with Crippen LogP contribution in [0.4, 0.5) is 14.6 Å². The number of aromatic amines is 1. The highest BCUT2D eigenvalue weighted by Gasteiger charge is 2.30. The van der Waals surface area contributed by atoms with Crippen LogP contribution in [0.25, 0.3) is 22.4 Å². The van der Waals surface area contributed by atoms with E-state index >= 15 is 0 Å². The van der Waals surface area contributed by atoms with Crippen LogP contribution in [0, 0.1) is 17.0 Å². The SMILES string of the molecule is CC(C)(C)[C@@H](CS(=O)(=O)O)Nc1nc(-c2c[nH]c3ncc(F)cc23)ncc1F. The third-order valence-electron chi connectivity index (χ3n) is 4.22. The van der Waals surface area contributed by atoms with E-state index in [0.29, 0.717) is 16.6 Å². The summed E-state index contributed by atoms with van der Waals surface area (Å²) in [5.74, 6) is -2.10. The zero-order valence-corrected chi connectivity index (χ0v) is 16.2. The molecule has 3 N–H and O–H groups in total. The lowest BCUT2D eigenvalue weighted by Crippen LogP contribution is -2.40. The van der Waals surface area contributed by atoms with E-state index in [1.807, 2.05) is 0 Å². The molecule has 0 amide bonds. The number of nitrogens with one attached hydrogen (secondary N) is 2. The van der Waals surface area contributed by atoms with Gasteiger partial charge >= 0.3 is 0 Å². The Morgan fingerprint density at radius 3 is 2.61 bits per heavy atom. The molecule has 0 saturated heterocycles. The number of pyridine rings is 1. The molecule has 0 aliphatic rings. The van der Waals surface area contributed by atoms with Crippen molar-refractivity contribution in [2.45, 2.75) is 26.8 Å². The molecule has 3 aromatic heterocycles. The first-order chi connectivity index (χ1) is 12.9. The van der Waals surface area contributed by atoms with Crippen molar-refractivity contribution in [2.24, 2.45) is 5.41 Å². The highest BCUT2D eigenvalue weighted by Crippen LogP contribution is 2.29. The summed E-state index contributed by atoms with van der Waals surface area (Å²) in [6.45, 7) is 5.22. The Morgan fingerprint density at radius 1 is 1.25 bits per heavy atom. The third kappa shape index (κ3) is 4.42. The van der Waals surface area contributed by atoms with Gasteiger partial charge in [-0.25, -0.2) is 23.7 Å². The standard InChI is InChI=1S/C17H19F2N5O3S/c1-17(2,3)13(8-28(25,26)27)23-16-12(19)7-22-15(24-16)11-6-21-14-10(11)4-9(18)5-20-14/h4-7,13H,8H2,1-3H3,(H,20,21)(H,22,23,24)(H,25,26,27)/t13-/m1/s1. The molecule has 3 rings (SSSR count). The summed E-state index contributed by atoms with van der Waals surface area (Å²) in [6, 6.07) is 0.423. The molecular weight excluding hydrogens is 392 g/mol. The minimum absolute atomic E-state index is 0.0991. The fraction of sp³-hybridized carbons (Fsp3) is 0.353. The van der Waals surface area contributed by atoms with Crippen molar-refractivity contribution in [3.63, 3.8) is 0 Å². The third-order valence-corrected chi connectivity index (χ3v) is 4.97. The van der Waals surface area contributed by atoms with Crippen LogP contribution in [0.1, 0.15) is 20.8 Å². The van der Waals surface area contributed by atoms with Gasteiger partial charge < -0.3 is 10.3 Å². The van der Waals surface area contributed by atoms with E-state index in [4.69, 9.17) is 0 Å². The number of halogens is 2. The summed E-state index contributed by atoms with van der Waals surface area (Å²) >= 11 is 0. The summed E-state index contributed by atoms with van der Waals surface area (Å²) in [7, 11) is -4.31. The van der Waals surface area contributed by atoms with Crippen molar-refractivity contribution < 1.29 is 21.8 Å². The predicted molar refractivity (Wildman–Crippen MR) is 100 cm³/mol. The van der Waals surface area contributed by atoms with E-state index in [1.165, 1.54) is 12.3 Å². The van der Waals surface area contributed by atoms with Crippen molar-refractivity contribution in [1.29, 1.82) is 0 Å². The molecule has 1 atom stereocenters. The monoisotopic (exact) mass is 411 g/mol. The second kappa shape index (κ2) is 7.06. The van der Waals surface area contributed by atoms with Gasteiger partial charge in [-0.3, -0.25) is 4.55 Å². The number of anilines is 1. The van der Waals surface area contributed by atoms with Gasteiger partial charge in [0.25, 0.3) is 10.1 Å². The van der Waals surface area contributed by atoms with Crippen LogP contribution in [0.3, 0.4) is 0 Å². The second-order valence-corrected chi connectivity index (χ2v) is 8.95. The van der Waals surface area contributed by atoms with Gasteiger partial charge in [-0.05, 0) is 11.5 Å². The maximum absolute atomic E-state index is 14.3. The van der Waals surface area contributed by atoms with Crippen LogP contribution >= 0.6 is 0 Å². The molecule has 0 radical (unpaired) electrons. The summed E-state index contributed by atoms with van der Waals surface area (Å²) in [5, 5.41) is 3.16. The molecule has 0 aliphatic carbocycles. The molecule has 3 aromatic rings. The zero-order chi connectivity index (χ0) is 20.7. The lowest BCUT2D eigenvalue weighted by molar-refractivity contribution is 0.351. The molecule has 0 bridgehead atoms. The van der Waals surface area contributed by atoms with Gasteiger partial charge in [-0.15, -0.1) is 0 Å². The first-order valence-electron chi connectivity index (χ1n) is 8.31. The number of aromatic nitrogens is 4. The van der Waals surface area contributed by atoms with E-state index in [2.05, 4.69) is 25.3 Å². The summed E-state index contributed by atoms with van der Waals surface area (Å²) < 4.78 is 59.7. The van der Waals surface area contributed by atoms with E-state index in [0.717, 1.165) is 12.4 Å². The fourth-order valence-electron chi connectivity index (χ4n) is 2.64. The zero-order valence-electron chi connectivity index (χ0n) is 15.4. The van der Waals surface area contributed by atoms with Crippen molar-refractivity contribution in [3.8, 4) is 11.4 Å². The van der Waals surface area contributed by atoms with Crippen LogP contribution in [0.5, 0.6) is 0 Å². The smallest absolute Gasteiger partial charge is 0.266 e. The number of hydrogen-bond donors (Lipinski definition) is 3. The molecule has 28 heavy (non-hydrogen) atoms. The van der Waals surface area contributed by atoms with Crippen molar-refractivity contribution in [1.82, 2.24) is 19.9 Å². The van der Waals surface area contributed by atoms with Crippen LogP contribution in [0.2, 0.25) is 0 Å². The topological polar surface area (TPSA) is 121 Å². The second-order valence-electron chi connectivity index (χ2n) is 7.45. The highest BCUT2D eigenvalue weighted by atomic mass is 32.2. The maximum Gasteiger partial charge on any atom is 0.266 e. The summed E-state index contributed by atoms with van der Waals surface area (Å²) in [4.78, 5) is 14.9. The van der Waals surface area contributed by atoms with Gasteiger partial charge in [-0.1, -0.05) is 20.8 Å².